The molecule has 33 heavy (non-hydrogen) atoms. The largest absolute Gasteiger partial charge is 0.340 e. The number of imidazole rings is 1. The molecular weight excluding hydrogens is 435 g/mol. The van der Waals surface area contributed by atoms with Gasteiger partial charge in [0.1, 0.15) is 5.82 Å². The average Bonchev–Trinajstić information content (AvgIpc) is 3.16. The van der Waals surface area contributed by atoms with Crippen LogP contribution in [-0.2, 0) is 6.54 Å². The van der Waals surface area contributed by atoms with Crippen LogP contribution in [0.5, 0.6) is 0 Å². The Morgan fingerprint density at radius 2 is 1.67 bits per heavy atom. The summed E-state index contributed by atoms with van der Waals surface area (Å²) in [6.45, 7) is 10.0. The Morgan fingerprint density at radius 1 is 0.970 bits per heavy atom. The first-order valence-corrected chi connectivity index (χ1v) is 11.8. The zero-order chi connectivity index (χ0) is 23.1. The summed E-state index contributed by atoms with van der Waals surface area (Å²) in [5.74, 6) is 0.818. The fraction of sp³-hybridized carbons (Fsp3) is 0.296. The third-order valence-electron chi connectivity index (χ3n) is 6.38. The fourth-order valence-electron chi connectivity index (χ4n) is 4.81. The molecule has 1 N–H and O–H groups in total. The van der Waals surface area contributed by atoms with Crippen molar-refractivity contribution in [1.29, 1.82) is 0 Å². The number of benzene rings is 3. The number of aryl methyl sites for hydroxylation is 3. The molecular formula is C27H28ClFN4. The molecule has 1 aliphatic rings. The molecule has 0 saturated carbocycles. The van der Waals surface area contributed by atoms with Gasteiger partial charge in [-0.3, -0.25) is 0 Å². The number of hydrogen-bond donors (Lipinski definition) is 1. The second-order valence-electron chi connectivity index (χ2n) is 8.94. The number of piperazine rings is 1. The van der Waals surface area contributed by atoms with Gasteiger partial charge in [0.2, 0.25) is 5.95 Å². The van der Waals surface area contributed by atoms with Gasteiger partial charge in [-0.1, -0.05) is 41.9 Å². The van der Waals surface area contributed by atoms with Gasteiger partial charge in [0, 0.05) is 42.3 Å². The van der Waals surface area contributed by atoms with Gasteiger partial charge in [-0.15, -0.1) is 0 Å². The van der Waals surface area contributed by atoms with Gasteiger partial charge >= 0.3 is 0 Å². The lowest BCUT2D eigenvalue weighted by molar-refractivity contribution is 0.571. The minimum atomic E-state index is -0.131. The predicted octanol–water partition coefficient (Wildman–Crippen LogP) is 5.88. The number of fused-ring (bicyclic) bond motifs is 1. The van der Waals surface area contributed by atoms with Gasteiger partial charge in [0.15, 0.2) is 0 Å². The van der Waals surface area contributed by atoms with E-state index in [4.69, 9.17) is 16.6 Å². The van der Waals surface area contributed by atoms with Crippen LogP contribution in [0.15, 0.2) is 48.5 Å². The Hall–Kier alpha value is -2.89. The summed E-state index contributed by atoms with van der Waals surface area (Å²) in [5.41, 5.74) is 7.60. The molecule has 1 aliphatic heterocycles. The maximum Gasteiger partial charge on any atom is 0.206 e. The van der Waals surface area contributed by atoms with Crippen molar-refractivity contribution in [2.45, 2.75) is 27.3 Å². The SMILES string of the molecule is Cc1cc(-c2ccccc2Cl)c2nc(N3CCNCC3)n(Cc3cc(C)c(F)c(C)c3)c2c1. The van der Waals surface area contributed by atoms with Gasteiger partial charge < -0.3 is 14.8 Å². The Kier molecular flexibility index (Phi) is 5.85. The van der Waals surface area contributed by atoms with Crippen LogP contribution in [0.2, 0.25) is 5.02 Å². The topological polar surface area (TPSA) is 33.1 Å². The molecule has 0 aliphatic carbocycles. The molecule has 1 saturated heterocycles. The van der Waals surface area contributed by atoms with Crippen molar-refractivity contribution in [2.24, 2.45) is 0 Å². The summed E-state index contributed by atoms with van der Waals surface area (Å²) in [7, 11) is 0. The molecule has 0 atom stereocenters. The summed E-state index contributed by atoms with van der Waals surface area (Å²) in [4.78, 5) is 7.52. The Balaban J connectivity index is 1.73. The van der Waals surface area contributed by atoms with Gasteiger partial charge in [-0.05, 0) is 61.2 Å². The van der Waals surface area contributed by atoms with Crippen molar-refractivity contribution >= 4 is 28.6 Å². The minimum absolute atomic E-state index is 0.131. The highest BCUT2D eigenvalue weighted by Gasteiger charge is 2.22. The van der Waals surface area contributed by atoms with Crippen LogP contribution in [0.1, 0.15) is 22.3 Å². The van der Waals surface area contributed by atoms with E-state index in [1.807, 2.05) is 50.2 Å². The van der Waals surface area contributed by atoms with E-state index in [0.717, 1.165) is 65.4 Å². The maximum atomic E-state index is 14.3. The molecule has 0 radical (unpaired) electrons. The molecule has 3 aromatic carbocycles. The van der Waals surface area contributed by atoms with Crippen LogP contribution < -0.4 is 10.2 Å². The van der Waals surface area contributed by atoms with Gasteiger partial charge in [-0.25, -0.2) is 9.37 Å². The van der Waals surface area contributed by atoms with E-state index in [9.17, 15) is 4.39 Å². The summed E-state index contributed by atoms with van der Waals surface area (Å²) in [5, 5.41) is 4.14. The van der Waals surface area contributed by atoms with Crippen molar-refractivity contribution in [2.75, 3.05) is 31.1 Å². The standard InChI is InChI=1S/C27H28ClFN4/c1-17-12-22(21-6-4-5-7-23(21)28)26-24(13-17)33(27(31-26)32-10-8-30-9-11-32)16-20-14-18(2)25(29)19(3)15-20/h4-7,12-15,30H,8-11,16H2,1-3H3. The van der Waals surface area contributed by atoms with Gasteiger partial charge in [-0.2, -0.15) is 0 Å². The monoisotopic (exact) mass is 462 g/mol. The van der Waals surface area contributed by atoms with E-state index in [1.54, 1.807) is 0 Å². The molecule has 0 amide bonds. The molecule has 4 nitrogen and oxygen atoms in total. The summed E-state index contributed by atoms with van der Waals surface area (Å²) >= 11 is 6.60. The molecule has 1 aromatic heterocycles. The number of rotatable bonds is 4. The number of aromatic nitrogens is 2. The van der Waals surface area contributed by atoms with E-state index in [-0.39, 0.29) is 5.82 Å². The lowest BCUT2D eigenvalue weighted by Gasteiger charge is -2.29. The highest BCUT2D eigenvalue weighted by atomic mass is 35.5. The zero-order valence-electron chi connectivity index (χ0n) is 19.3. The third kappa shape index (κ3) is 4.11. The molecule has 0 bridgehead atoms. The molecule has 5 rings (SSSR count). The molecule has 2 heterocycles. The summed E-state index contributed by atoms with van der Waals surface area (Å²) in [6, 6.07) is 16.2. The van der Waals surface area contributed by atoms with Crippen LogP contribution in [0.25, 0.3) is 22.2 Å². The molecule has 170 valence electrons. The average molecular weight is 463 g/mol. The first kappa shape index (κ1) is 21.9. The molecule has 1 fully saturated rings. The van der Waals surface area contributed by atoms with Crippen LogP contribution in [0.3, 0.4) is 0 Å². The molecule has 6 heteroatoms. The second kappa shape index (κ2) is 8.81. The first-order chi connectivity index (χ1) is 15.9. The summed E-state index contributed by atoms with van der Waals surface area (Å²) in [6.07, 6.45) is 0. The van der Waals surface area contributed by atoms with Crippen molar-refractivity contribution in [3.05, 3.63) is 81.6 Å². The third-order valence-corrected chi connectivity index (χ3v) is 6.71. The van der Waals surface area contributed by atoms with E-state index in [1.165, 1.54) is 0 Å². The second-order valence-corrected chi connectivity index (χ2v) is 9.35. The van der Waals surface area contributed by atoms with E-state index in [0.29, 0.717) is 22.7 Å². The molecule has 0 spiro atoms. The number of nitrogens with one attached hydrogen (secondary N) is 1. The van der Waals surface area contributed by atoms with E-state index >= 15 is 0 Å². The van der Waals surface area contributed by atoms with Crippen molar-refractivity contribution in [1.82, 2.24) is 14.9 Å². The number of halogens is 2. The predicted molar refractivity (Wildman–Crippen MR) is 135 cm³/mol. The van der Waals surface area contributed by atoms with Gasteiger partial charge in [0.05, 0.1) is 17.6 Å². The Labute approximate surface area is 199 Å². The Morgan fingerprint density at radius 3 is 2.36 bits per heavy atom. The van der Waals surface area contributed by atoms with Crippen LogP contribution in [-0.4, -0.2) is 35.7 Å². The van der Waals surface area contributed by atoms with Crippen molar-refractivity contribution in [3.63, 3.8) is 0 Å². The van der Waals surface area contributed by atoms with E-state index in [2.05, 4.69) is 33.8 Å². The normalized spacial score (nSPS) is 14.3. The Bertz CT molecular complexity index is 1310. The summed E-state index contributed by atoms with van der Waals surface area (Å²) < 4.78 is 16.6. The number of anilines is 1. The highest BCUT2D eigenvalue weighted by molar-refractivity contribution is 6.33. The molecule has 0 unspecified atom stereocenters. The number of hydrogen-bond acceptors (Lipinski definition) is 3. The quantitative estimate of drug-likeness (QED) is 0.411. The first-order valence-electron chi connectivity index (χ1n) is 11.4. The van der Waals surface area contributed by atoms with Crippen LogP contribution >= 0.6 is 11.6 Å². The maximum absolute atomic E-state index is 14.3. The highest BCUT2D eigenvalue weighted by Crippen LogP contribution is 2.36. The smallest absolute Gasteiger partial charge is 0.206 e. The molecule has 4 aromatic rings. The van der Waals surface area contributed by atoms with Gasteiger partial charge in [0.25, 0.3) is 0 Å². The van der Waals surface area contributed by atoms with Crippen LogP contribution in [0, 0.1) is 26.6 Å². The lowest BCUT2D eigenvalue weighted by atomic mass is 10.0. The number of nitrogens with zero attached hydrogens (tertiary/aromatic N) is 3. The minimum Gasteiger partial charge on any atom is -0.340 e. The van der Waals surface area contributed by atoms with Crippen molar-refractivity contribution < 1.29 is 4.39 Å². The van der Waals surface area contributed by atoms with E-state index < -0.39 is 0 Å². The fourth-order valence-corrected chi connectivity index (χ4v) is 5.05. The lowest BCUT2D eigenvalue weighted by Crippen LogP contribution is -2.44. The van der Waals surface area contributed by atoms with Crippen LogP contribution in [0.4, 0.5) is 10.3 Å². The van der Waals surface area contributed by atoms with Crippen molar-refractivity contribution in [3.8, 4) is 11.1 Å². The zero-order valence-corrected chi connectivity index (χ0v) is 20.0.